The largest absolute Gasteiger partial charge is 0.497 e. The first-order chi connectivity index (χ1) is 10.2. The molecule has 0 spiro atoms. The highest BCUT2D eigenvalue weighted by Crippen LogP contribution is 2.31. The van der Waals surface area contributed by atoms with E-state index in [4.69, 9.17) is 9.47 Å². The van der Waals surface area contributed by atoms with Crippen molar-refractivity contribution >= 4 is 0 Å². The molecule has 0 saturated heterocycles. The monoisotopic (exact) mass is 289 g/mol. The van der Waals surface area contributed by atoms with Gasteiger partial charge in [-0.05, 0) is 44.2 Å². The van der Waals surface area contributed by atoms with Gasteiger partial charge in [0.05, 0.1) is 14.2 Å². The average molecular weight is 289 g/mol. The Morgan fingerprint density at radius 1 is 1.24 bits per heavy atom. The van der Waals surface area contributed by atoms with Gasteiger partial charge in [0.1, 0.15) is 11.5 Å². The third-order valence-corrected chi connectivity index (χ3v) is 3.77. The predicted molar refractivity (Wildman–Crippen MR) is 82.9 cm³/mol. The third-order valence-electron chi connectivity index (χ3n) is 3.77. The third kappa shape index (κ3) is 3.55. The smallest absolute Gasteiger partial charge is 0.123 e. The van der Waals surface area contributed by atoms with Crippen LogP contribution in [-0.2, 0) is 13.5 Å². The van der Waals surface area contributed by atoms with E-state index in [1.807, 2.05) is 43.2 Å². The molecule has 5 heteroatoms. The summed E-state index contributed by atoms with van der Waals surface area (Å²) < 4.78 is 12.7. The summed E-state index contributed by atoms with van der Waals surface area (Å²) in [5.41, 5.74) is 2.33. The van der Waals surface area contributed by atoms with Crippen LogP contribution in [0.2, 0.25) is 0 Å². The van der Waals surface area contributed by atoms with Gasteiger partial charge in [0.2, 0.25) is 0 Å². The number of aryl methyl sites for hydroxylation is 2. The van der Waals surface area contributed by atoms with Crippen molar-refractivity contribution in [2.75, 3.05) is 21.3 Å². The molecule has 2 aromatic rings. The molecule has 5 nitrogen and oxygen atoms in total. The fourth-order valence-corrected chi connectivity index (χ4v) is 2.51. The van der Waals surface area contributed by atoms with Gasteiger partial charge < -0.3 is 14.8 Å². The molecular formula is C16H23N3O2. The highest BCUT2D eigenvalue weighted by atomic mass is 16.5. The molecule has 0 saturated carbocycles. The molecule has 1 N–H and O–H groups in total. The molecule has 1 aromatic heterocycles. The van der Waals surface area contributed by atoms with Gasteiger partial charge in [-0.2, -0.15) is 5.10 Å². The molecule has 2 rings (SSSR count). The Hall–Kier alpha value is -2.01. The fourth-order valence-electron chi connectivity index (χ4n) is 2.51. The number of methoxy groups -OCH3 is 2. The molecule has 1 unspecified atom stereocenters. The van der Waals surface area contributed by atoms with E-state index in [2.05, 4.69) is 16.5 Å². The highest BCUT2D eigenvalue weighted by molar-refractivity contribution is 5.42. The summed E-state index contributed by atoms with van der Waals surface area (Å²) in [6.45, 7) is 0. The van der Waals surface area contributed by atoms with Crippen molar-refractivity contribution in [1.82, 2.24) is 15.1 Å². The van der Waals surface area contributed by atoms with E-state index in [1.165, 1.54) is 5.69 Å². The number of ether oxygens (including phenoxy) is 2. The molecule has 0 bridgehead atoms. The number of rotatable bonds is 7. The first-order valence-electron chi connectivity index (χ1n) is 7.05. The Labute approximate surface area is 125 Å². The predicted octanol–water partition coefficient (Wildman–Crippen LogP) is 2.33. The Bertz CT molecular complexity index is 581. The number of benzene rings is 1. The van der Waals surface area contributed by atoms with Crippen molar-refractivity contribution in [3.63, 3.8) is 0 Å². The zero-order valence-corrected chi connectivity index (χ0v) is 13.1. The standard InChI is InChI=1S/C16H23N3O2/c1-17-15(7-5-12-9-10-18-19(12)2)14-11-13(20-3)6-8-16(14)21-4/h6,8-11,15,17H,5,7H2,1-4H3. The van der Waals surface area contributed by atoms with Crippen LogP contribution in [0.15, 0.2) is 30.5 Å². The van der Waals surface area contributed by atoms with Gasteiger partial charge in [0.25, 0.3) is 0 Å². The van der Waals surface area contributed by atoms with E-state index in [1.54, 1.807) is 14.2 Å². The number of nitrogens with zero attached hydrogens (tertiary/aromatic N) is 2. The lowest BCUT2D eigenvalue weighted by Crippen LogP contribution is -2.18. The quantitative estimate of drug-likeness (QED) is 0.850. The van der Waals surface area contributed by atoms with Crippen molar-refractivity contribution < 1.29 is 9.47 Å². The molecular weight excluding hydrogens is 266 g/mol. The summed E-state index contributed by atoms with van der Waals surface area (Å²) >= 11 is 0. The van der Waals surface area contributed by atoms with Gasteiger partial charge in [-0.25, -0.2) is 0 Å². The van der Waals surface area contributed by atoms with Crippen LogP contribution in [-0.4, -0.2) is 31.0 Å². The van der Waals surface area contributed by atoms with Crippen LogP contribution < -0.4 is 14.8 Å². The van der Waals surface area contributed by atoms with E-state index in [0.717, 1.165) is 29.9 Å². The summed E-state index contributed by atoms with van der Waals surface area (Å²) in [6.07, 6.45) is 3.73. The van der Waals surface area contributed by atoms with E-state index in [0.29, 0.717) is 0 Å². The van der Waals surface area contributed by atoms with Crippen LogP contribution in [0, 0.1) is 0 Å². The Balaban J connectivity index is 2.18. The van der Waals surface area contributed by atoms with Gasteiger partial charge in [-0.15, -0.1) is 0 Å². The van der Waals surface area contributed by atoms with E-state index in [-0.39, 0.29) is 6.04 Å². The van der Waals surface area contributed by atoms with Crippen LogP contribution in [0.4, 0.5) is 0 Å². The van der Waals surface area contributed by atoms with Gasteiger partial charge in [-0.1, -0.05) is 0 Å². The first-order valence-corrected chi connectivity index (χ1v) is 7.05. The van der Waals surface area contributed by atoms with Gasteiger partial charge >= 0.3 is 0 Å². The zero-order valence-electron chi connectivity index (χ0n) is 13.1. The van der Waals surface area contributed by atoms with Crippen molar-refractivity contribution in [2.24, 2.45) is 7.05 Å². The molecule has 0 amide bonds. The highest BCUT2D eigenvalue weighted by Gasteiger charge is 2.16. The van der Waals surface area contributed by atoms with Crippen molar-refractivity contribution in [3.8, 4) is 11.5 Å². The molecule has 0 fully saturated rings. The Morgan fingerprint density at radius 3 is 2.62 bits per heavy atom. The van der Waals surface area contributed by atoms with E-state index in [9.17, 15) is 0 Å². The maximum atomic E-state index is 5.48. The minimum absolute atomic E-state index is 0.199. The number of hydrogen-bond acceptors (Lipinski definition) is 4. The minimum atomic E-state index is 0.199. The SMILES string of the molecule is CNC(CCc1ccnn1C)c1cc(OC)ccc1OC. The minimum Gasteiger partial charge on any atom is -0.497 e. The maximum Gasteiger partial charge on any atom is 0.123 e. The number of hydrogen-bond donors (Lipinski definition) is 1. The lowest BCUT2D eigenvalue weighted by Gasteiger charge is -2.20. The second-order valence-electron chi connectivity index (χ2n) is 4.93. The van der Waals surface area contributed by atoms with E-state index >= 15 is 0 Å². The van der Waals surface area contributed by atoms with Crippen LogP contribution in [0.1, 0.15) is 23.7 Å². The average Bonchev–Trinajstić information content (AvgIpc) is 2.93. The summed E-state index contributed by atoms with van der Waals surface area (Å²) in [5, 5.41) is 7.57. The molecule has 0 aliphatic carbocycles. The van der Waals surface area contributed by atoms with Crippen molar-refractivity contribution in [2.45, 2.75) is 18.9 Å². The molecule has 1 atom stereocenters. The van der Waals surface area contributed by atoms with Crippen LogP contribution in [0.25, 0.3) is 0 Å². The molecule has 1 heterocycles. The summed E-state index contributed by atoms with van der Waals surface area (Å²) in [7, 11) is 7.30. The maximum absolute atomic E-state index is 5.48. The van der Waals surface area contributed by atoms with Crippen LogP contribution in [0.5, 0.6) is 11.5 Å². The zero-order chi connectivity index (χ0) is 15.2. The topological polar surface area (TPSA) is 48.3 Å². The number of aromatic nitrogens is 2. The van der Waals surface area contributed by atoms with Gasteiger partial charge in [-0.3, -0.25) is 4.68 Å². The lowest BCUT2D eigenvalue weighted by atomic mass is 9.99. The van der Waals surface area contributed by atoms with Crippen molar-refractivity contribution in [1.29, 1.82) is 0 Å². The summed E-state index contributed by atoms with van der Waals surface area (Å²) in [5.74, 6) is 1.71. The Morgan fingerprint density at radius 2 is 2.05 bits per heavy atom. The molecule has 0 aliphatic rings. The van der Waals surface area contributed by atoms with Gasteiger partial charge in [0, 0.05) is 30.5 Å². The van der Waals surface area contributed by atoms with Crippen LogP contribution in [0.3, 0.4) is 0 Å². The summed E-state index contributed by atoms with van der Waals surface area (Å²) in [4.78, 5) is 0. The summed E-state index contributed by atoms with van der Waals surface area (Å²) in [6, 6.07) is 8.14. The van der Waals surface area contributed by atoms with Crippen molar-refractivity contribution in [3.05, 3.63) is 41.7 Å². The second-order valence-corrected chi connectivity index (χ2v) is 4.93. The molecule has 114 valence electrons. The molecule has 0 radical (unpaired) electrons. The van der Waals surface area contributed by atoms with E-state index < -0.39 is 0 Å². The van der Waals surface area contributed by atoms with Gasteiger partial charge in [0.15, 0.2) is 0 Å². The second kappa shape index (κ2) is 7.13. The Kier molecular flexibility index (Phi) is 5.22. The molecule has 21 heavy (non-hydrogen) atoms. The lowest BCUT2D eigenvalue weighted by molar-refractivity contribution is 0.389. The normalized spacial score (nSPS) is 12.2. The fraction of sp³-hybridized carbons (Fsp3) is 0.438. The van der Waals surface area contributed by atoms with Crippen LogP contribution >= 0.6 is 0 Å². The first kappa shape index (κ1) is 15.4. The molecule has 1 aromatic carbocycles. The number of nitrogens with one attached hydrogen (secondary N) is 1. The molecule has 0 aliphatic heterocycles.